The molecular formula is C18H22N4. The number of nitrogens with zero attached hydrogens (tertiary/aromatic N) is 3. The zero-order valence-electron chi connectivity index (χ0n) is 13.3. The van der Waals surface area contributed by atoms with Crippen LogP contribution in [0, 0.1) is 6.92 Å². The van der Waals surface area contributed by atoms with E-state index in [1.807, 2.05) is 36.1 Å². The maximum absolute atomic E-state index is 4.60. The molecule has 0 spiro atoms. The summed E-state index contributed by atoms with van der Waals surface area (Å²) in [6.07, 6.45) is 3.83. The van der Waals surface area contributed by atoms with Crippen LogP contribution in [0.2, 0.25) is 0 Å². The van der Waals surface area contributed by atoms with Crippen molar-refractivity contribution in [1.82, 2.24) is 20.1 Å². The standard InChI is InChI=1S/C18H22N4/c1-13-11-16(17-7-4-5-8-18(17)21-13)12-19-14(2)15(3)22-10-6-9-20-22/h4-11,14-15,19H,12H2,1-3H3. The summed E-state index contributed by atoms with van der Waals surface area (Å²) in [6.45, 7) is 7.26. The third-order valence-corrected chi connectivity index (χ3v) is 4.21. The lowest BCUT2D eigenvalue weighted by Gasteiger charge is -2.22. The van der Waals surface area contributed by atoms with E-state index in [4.69, 9.17) is 0 Å². The van der Waals surface area contributed by atoms with E-state index < -0.39 is 0 Å². The van der Waals surface area contributed by atoms with Gasteiger partial charge in [0.15, 0.2) is 0 Å². The smallest absolute Gasteiger partial charge is 0.0708 e. The lowest BCUT2D eigenvalue weighted by molar-refractivity contribution is 0.365. The molecule has 2 heterocycles. The number of pyridine rings is 1. The molecule has 2 aromatic heterocycles. The fourth-order valence-corrected chi connectivity index (χ4v) is 2.73. The molecule has 3 aromatic rings. The van der Waals surface area contributed by atoms with Gasteiger partial charge in [0.25, 0.3) is 0 Å². The third kappa shape index (κ3) is 3.02. The van der Waals surface area contributed by atoms with Crippen LogP contribution < -0.4 is 5.32 Å². The van der Waals surface area contributed by atoms with E-state index in [-0.39, 0.29) is 0 Å². The van der Waals surface area contributed by atoms with E-state index in [2.05, 4.69) is 53.5 Å². The molecule has 114 valence electrons. The summed E-state index contributed by atoms with van der Waals surface area (Å²) >= 11 is 0. The summed E-state index contributed by atoms with van der Waals surface area (Å²) in [5, 5.41) is 9.16. The van der Waals surface area contributed by atoms with Crippen LogP contribution in [0.4, 0.5) is 0 Å². The van der Waals surface area contributed by atoms with Crippen LogP contribution >= 0.6 is 0 Å². The Kier molecular flexibility index (Phi) is 4.20. The first kappa shape index (κ1) is 14.7. The first-order valence-corrected chi connectivity index (χ1v) is 7.73. The van der Waals surface area contributed by atoms with E-state index in [0.29, 0.717) is 12.1 Å². The van der Waals surface area contributed by atoms with Crippen molar-refractivity contribution in [2.24, 2.45) is 0 Å². The quantitative estimate of drug-likeness (QED) is 0.783. The number of nitrogens with one attached hydrogen (secondary N) is 1. The maximum atomic E-state index is 4.60. The Bertz CT molecular complexity index is 749. The van der Waals surface area contributed by atoms with E-state index >= 15 is 0 Å². The summed E-state index contributed by atoms with van der Waals surface area (Å²) in [6, 6.07) is 13.1. The maximum Gasteiger partial charge on any atom is 0.0708 e. The van der Waals surface area contributed by atoms with Gasteiger partial charge in [-0.25, -0.2) is 0 Å². The normalized spacial score (nSPS) is 14.1. The number of hydrogen-bond donors (Lipinski definition) is 1. The van der Waals surface area contributed by atoms with E-state index in [0.717, 1.165) is 17.8 Å². The molecular weight excluding hydrogens is 272 g/mol. The van der Waals surface area contributed by atoms with Gasteiger partial charge in [0.2, 0.25) is 0 Å². The van der Waals surface area contributed by atoms with Gasteiger partial charge < -0.3 is 5.32 Å². The topological polar surface area (TPSA) is 42.7 Å². The molecule has 0 aliphatic carbocycles. The van der Waals surface area contributed by atoms with Gasteiger partial charge in [0.05, 0.1) is 11.6 Å². The number of rotatable bonds is 5. The van der Waals surface area contributed by atoms with Crippen LogP contribution in [0.1, 0.15) is 31.1 Å². The first-order valence-electron chi connectivity index (χ1n) is 7.73. The molecule has 0 amide bonds. The third-order valence-electron chi connectivity index (χ3n) is 4.21. The van der Waals surface area contributed by atoms with Crippen LogP contribution in [0.15, 0.2) is 48.8 Å². The highest BCUT2D eigenvalue weighted by molar-refractivity contribution is 5.82. The lowest BCUT2D eigenvalue weighted by Crippen LogP contribution is -2.33. The molecule has 3 rings (SSSR count). The van der Waals surface area contributed by atoms with E-state index in [1.165, 1.54) is 10.9 Å². The summed E-state index contributed by atoms with van der Waals surface area (Å²) in [7, 11) is 0. The highest BCUT2D eigenvalue weighted by Crippen LogP contribution is 2.19. The van der Waals surface area contributed by atoms with Crippen molar-refractivity contribution >= 4 is 10.9 Å². The average Bonchev–Trinajstić information content (AvgIpc) is 3.05. The summed E-state index contributed by atoms with van der Waals surface area (Å²) in [5.74, 6) is 0. The van der Waals surface area contributed by atoms with Gasteiger partial charge in [0, 0.05) is 36.1 Å². The summed E-state index contributed by atoms with van der Waals surface area (Å²) < 4.78 is 1.99. The lowest BCUT2D eigenvalue weighted by atomic mass is 10.1. The number of para-hydroxylation sites is 1. The van der Waals surface area contributed by atoms with Crippen LogP contribution in [0.3, 0.4) is 0 Å². The minimum atomic E-state index is 0.309. The van der Waals surface area contributed by atoms with Crippen LogP contribution in [-0.4, -0.2) is 20.8 Å². The van der Waals surface area contributed by atoms with E-state index in [9.17, 15) is 0 Å². The van der Waals surface area contributed by atoms with Gasteiger partial charge in [0.1, 0.15) is 0 Å². The van der Waals surface area contributed by atoms with Crippen molar-refractivity contribution in [1.29, 1.82) is 0 Å². The molecule has 2 unspecified atom stereocenters. The second-order valence-electron chi connectivity index (χ2n) is 5.84. The molecule has 0 saturated heterocycles. The molecule has 4 nitrogen and oxygen atoms in total. The Morgan fingerprint density at radius 3 is 2.77 bits per heavy atom. The summed E-state index contributed by atoms with van der Waals surface area (Å²) in [4.78, 5) is 4.60. The Balaban J connectivity index is 1.76. The molecule has 2 atom stereocenters. The molecule has 0 saturated carbocycles. The molecule has 0 aliphatic heterocycles. The fourth-order valence-electron chi connectivity index (χ4n) is 2.73. The van der Waals surface area contributed by atoms with Gasteiger partial charge in [-0.3, -0.25) is 9.67 Å². The number of fused-ring (bicyclic) bond motifs is 1. The SMILES string of the molecule is Cc1cc(CNC(C)C(C)n2cccn2)c2ccccc2n1. The largest absolute Gasteiger partial charge is 0.308 e. The van der Waals surface area contributed by atoms with Crippen molar-refractivity contribution in [2.45, 2.75) is 39.4 Å². The molecule has 1 N–H and O–H groups in total. The Hall–Kier alpha value is -2.20. The number of aryl methyl sites for hydroxylation is 1. The van der Waals surface area contributed by atoms with Crippen molar-refractivity contribution in [3.63, 3.8) is 0 Å². The minimum absolute atomic E-state index is 0.309. The van der Waals surface area contributed by atoms with Crippen LogP contribution in [0.5, 0.6) is 0 Å². The zero-order valence-corrected chi connectivity index (χ0v) is 13.3. The molecule has 4 heteroatoms. The molecule has 0 fully saturated rings. The monoisotopic (exact) mass is 294 g/mol. The molecule has 1 aromatic carbocycles. The minimum Gasteiger partial charge on any atom is -0.308 e. The predicted octanol–water partition coefficient (Wildman–Crippen LogP) is 3.48. The Morgan fingerprint density at radius 1 is 1.18 bits per heavy atom. The van der Waals surface area contributed by atoms with Crippen molar-refractivity contribution in [3.8, 4) is 0 Å². The number of aromatic nitrogens is 3. The highest BCUT2D eigenvalue weighted by atomic mass is 15.3. The van der Waals surface area contributed by atoms with Crippen molar-refractivity contribution in [2.75, 3.05) is 0 Å². The van der Waals surface area contributed by atoms with Crippen LogP contribution in [-0.2, 0) is 6.54 Å². The Morgan fingerprint density at radius 2 is 2.00 bits per heavy atom. The van der Waals surface area contributed by atoms with E-state index in [1.54, 1.807) is 0 Å². The highest BCUT2D eigenvalue weighted by Gasteiger charge is 2.14. The van der Waals surface area contributed by atoms with Gasteiger partial charge in [-0.2, -0.15) is 5.10 Å². The van der Waals surface area contributed by atoms with Gasteiger partial charge in [-0.15, -0.1) is 0 Å². The van der Waals surface area contributed by atoms with Crippen LogP contribution in [0.25, 0.3) is 10.9 Å². The average molecular weight is 294 g/mol. The molecule has 0 bridgehead atoms. The van der Waals surface area contributed by atoms with Gasteiger partial charge in [-0.1, -0.05) is 18.2 Å². The second-order valence-corrected chi connectivity index (χ2v) is 5.84. The van der Waals surface area contributed by atoms with Gasteiger partial charge in [-0.05, 0) is 44.5 Å². The number of hydrogen-bond acceptors (Lipinski definition) is 3. The van der Waals surface area contributed by atoms with Crippen molar-refractivity contribution < 1.29 is 0 Å². The van der Waals surface area contributed by atoms with Crippen molar-refractivity contribution in [3.05, 3.63) is 60.0 Å². The molecule has 0 aliphatic rings. The fraction of sp³-hybridized carbons (Fsp3) is 0.333. The van der Waals surface area contributed by atoms with Gasteiger partial charge >= 0.3 is 0 Å². The summed E-state index contributed by atoms with van der Waals surface area (Å²) in [5.41, 5.74) is 3.41. The Labute approximate surface area is 131 Å². The predicted molar refractivity (Wildman–Crippen MR) is 89.7 cm³/mol. The molecule has 22 heavy (non-hydrogen) atoms. The zero-order chi connectivity index (χ0) is 15.5. The number of benzene rings is 1. The first-order chi connectivity index (χ1) is 10.6. The molecule has 0 radical (unpaired) electrons. The second kappa shape index (κ2) is 6.28.